The summed E-state index contributed by atoms with van der Waals surface area (Å²) < 4.78 is 7.39. The maximum Gasteiger partial charge on any atom is 0.191 e. The highest BCUT2D eigenvalue weighted by molar-refractivity contribution is 5.79. The molecule has 8 heteroatoms. The van der Waals surface area contributed by atoms with Gasteiger partial charge in [-0.2, -0.15) is 0 Å². The first-order chi connectivity index (χ1) is 12.4. The largest absolute Gasteiger partial charge is 0.379 e. The summed E-state index contributed by atoms with van der Waals surface area (Å²) in [4.78, 5) is 7.05. The number of hydrogen-bond acceptors (Lipinski definition) is 5. The molecule has 1 fully saturated rings. The van der Waals surface area contributed by atoms with Crippen molar-refractivity contribution in [2.24, 2.45) is 4.99 Å². The van der Waals surface area contributed by atoms with Crippen molar-refractivity contribution in [2.45, 2.75) is 13.3 Å². The van der Waals surface area contributed by atoms with Crippen LogP contribution in [0.1, 0.15) is 12.7 Å². The van der Waals surface area contributed by atoms with E-state index in [0.29, 0.717) is 0 Å². The molecule has 0 radical (unpaired) electrons. The Morgan fingerprint density at radius 3 is 2.96 bits per heavy atom. The molecule has 1 aliphatic rings. The molecule has 0 bridgehead atoms. The van der Waals surface area contributed by atoms with Gasteiger partial charge in [-0.05, 0) is 19.1 Å². The fourth-order valence-electron chi connectivity index (χ4n) is 2.82. The summed E-state index contributed by atoms with van der Waals surface area (Å²) in [7, 11) is 0. The minimum atomic E-state index is 0.763. The van der Waals surface area contributed by atoms with Gasteiger partial charge in [-0.15, -0.1) is 10.2 Å². The number of aromatic nitrogens is 3. The normalized spacial score (nSPS) is 16.3. The van der Waals surface area contributed by atoms with E-state index in [4.69, 9.17) is 4.74 Å². The number of nitrogens with one attached hydrogen (secondary N) is 2. The predicted octanol–water partition coefficient (Wildman–Crippen LogP) is 0.159. The van der Waals surface area contributed by atoms with Gasteiger partial charge in [0, 0.05) is 45.3 Å². The van der Waals surface area contributed by atoms with Crippen LogP contribution in [0.4, 0.5) is 0 Å². The van der Waals surface area contributed by atoms with E-state index in [9.17, 15) is 0 Å². The molecule has 0 aliphatic carbocycles. The maximum absolute atomic E-state index is 5.37. The number of fused-ring (bicyclic) bond motifs is 1. The Hall–Kier alpha value is -2.19. The zero-order chi connectivity index (χ0) is 17.3. The molecule has 2 aromatic heterocycles. The third-order valence-electron chi connectivity index (χ3n) is 4.16. The number of rotatable bonds is 7. The van der Waals surface area contributed by atoms with Crippen LogP contribution >= 0.6 is 0 Å². The Morgan fingerprint density at radius 1 is 1.24 bits per heavy atom. The van der Waals surface area contributed by atoms with Crippen LogP contribution < -0.4 is 10.6 Å². The van der Waals surface area contributed by atoms with Gasteiger partial charge in [0.05, 0.1) is 19.8 Å². The van der Waals surface area contributed by atoms with E-state index < -0.39 is 0 Å². The molecule has 3 rings (SSSR count). The van der Waals surface area contributed by atoms with E-state index >= 15 is 0 Å². The van der Waals surface area contributed by atoms with Crippen molar-refractivity contribution >= 4 is 11.6 Å². The summed E-state index contributed by atoms with van der Waals surface area (Å²) in [6.45, 7) is 9.08. The van der Waals surface area contributed by atoms with Crippen molar-refractivity contribution in [2.75, 3.05) is 52.5 Å². The molecule has 0 unspecified atom stereocenters. The highest BCUT2D eigenvalue weighted by atomic mass is 16.5. The number of ether oxygens (including phenoxy) is 1. The first-order valence-electron chi connectivity index (χ1n) is 8.97. The van der Waals surface area contributed by atoms with E-state index in [-0.39, 0.29) is 0 Å². The second-order valence-corrected chi connectivity index (χ2v) is 5.94. The van der Waals surface area contributed by atoms with Crippen LogP contribution in [-0.2, 0) is 11.2 Å². The smallest absolute Gasteiger partial charge is 0.191 e. The lowest BCUT2D eigenvalue weighted by atomic mass is 10.4. The molecule has 8 nitrogen and oxygen atoms in total. The van der Waals surface area contributed by atoms with Gasteiger partial charge in [-0.25, -0.2) is 0 Å². The van der Waals surface area contributed by atoms with Gasteiger partial charge >= 0.3 is 0 Å². The lowest BCUT2D eigenvalue weighted by Crippen LogP contribution is -2.40. The van der Waals surface area contributed by atoms with Crippen LogP contribution in [0.25, 0.3) is 5.65 Å². The van der Waals surface area contributed by atoms with E-state index in [2.05, 4.69) is 37.6 Å². The number of pyridine rings is 1. The third kappa shape index (κ3) is 5.14. The fourth-order valence-corrected chi connectivity index (χ4v) is 2.82. The Balaban J connectivity index is 1.46. The molecule has 0 aromatic carbocycles. The lowest BCUT2D eigenvalue weighted by molar-refractivity contribution is 0.0394. The van der Waals surface area contributed by atoms with Gasteiger partial charge in [-0.1, -0.05) is 6.07 Å². The third-order valence-corrected chi connectivity index (χ3v) is 4.16. The Bertz CT molecular complexity index is 678. The summed E-state index contributed by atoms with van der Waals surface area (Å²) in [5, 5.41) is 15.1. The average molecular weight is 345 g/mol. The van der Waals surface area contributed by atoms with Crippen molar-refractivity contribution in [1.29, 1.82) is 0 Å². The second-order valence-electron chi connectivity index (χ2n) is 5.94. The van der Waals surface area contributed by atoms with Crippen LogP contribution in [0.15, 0.2) is 29.4 Å². The fraction of sp³-hybridized carbons (Fsp3) is 0.588. The van der Waals surface area contributed by atoms with Crippen LogP contribution in [0.5, 0.6) is 0 Å². The van der Waals surface area contributed by atoms with Gasteiger partial charge in [0.25, 0.3) is 0 Å². The maximum atomic E-state index is 5.37. The van der Waals surface area contributed by atoms with Crippen molar-refractivity contribution in [3.63, 3.8) is 0 Å². The first kappa shape index (κ1) is 17.6. The summed E-state index contributed by atoms with van der Waals surface area (Å²) >= 11 is 0. The Morgan fingerprint density at radius 2 is 2.12 bits per heavy atom. The molecule has 3 heterocycles. The highest BCUT2D eigenvalue weighted by Crippen LogP contribution is 2.02. The minimum Gasteiger partial charge on any atom is -0.379 e. The van der Waals surface area contributed by atoms with Crippen molar-refractivity contribution < 1.29 is 4.74 Å². The molecule has 2 aromatic rings. The SMILES string of the molecule is CCNC(=NCCN1CCOCC1)NCCc1nnc2ccccn12. The molecule has 136 valence electrons. The summed E-state index contributed by atoms with van der Waals surface area (Å²) in [5.41, 5.74) is 0.878. The lowest BCUT2D eigenvalue weighted by Gasteiger charge is -2.25. The quantitative estimate of drug-likeness (QED) is 0.550. The molecular weight excluding hydrogens is 318 g/mol. The van der Waals surface area contributed by atoms with Gasteiger partial charge in [0.15, 0.2) is 11.6 Å². The molecule has 2 N–H and O–H groups in total. The molecule has 25 heavy (non-hydrogen) atoms. The zero-order valence-corrected chi connectivity index (χ0v) is 14.8. The van der Waals surface area contributed by atoms with Crippen LogP contribution in [0.2, 0.25) is 0 Å². The molecule has 0 atom stereocenters. The summed E-state index contributed by atoms with van der Waals surface area (Å²) in [5.74, 6) is 1.80. The van der Waals surface area contributed by atoms with Gasteiger partial charge < -0.3 is 15.4 Å². The molecule has 1 saturated heterocycles. The van der Waals surface area contributed by atoms with Crippen LogP contribution in [0.3, 0.4) is 0 Å². The molecule has 0 spiro atoms. The van der Waals surface area contributed by atoms with Gasteiger partial charge in [-0.3, -0.25) is 14.3 Å². The second kappa shape index (κ2) is 9.33. The van der Waals surface area contributed by atoms with Gasteiger partial charge in [0.2, 0.25) is 0 Å². The van der Waals surface area contributed by atoms with Crippen molar-refractivity contribution in [1.82, 2.24) is 30.1 Å². The molecule has 1 aliphatic heterocycles. The van der Waals surface area contributed by atoms with E-state index in [0.717, 1.165) is 76.3 Å². The number of morpholine rings is 1. The number of guanidine groups is 1. The molecular formula is C17H27N7O. The standard InChI is InChI=1S/C17H27N7O/c1-2-18-17(20-8-10-23-11-13-25-14-12-23)19-7-6-16-22-21-15-5-3-4-9-24(15)16/h3-5,9H,2,6-8,10-14H2,1H3,(H2,18,19,20). The Labute approximate surface area is 148 Å². The van der Waals surface area contributed by atoms with Crippen LogP contribution in [-0.4, -0.2) is 77.9 Å². The van der Waals surface area contributed by atoms with Crippen LogP contribution in [0, 0.1) is 0 Å². The van der Waals surface area contributed by atoms with E-state index in [1.807, 2.05) is 28.8 Å². The molecule has 0 saturated carbocycles. The first-order valence-corrected chi connectivity index (χ1v) is 8.97. The zero-order valence-electron chi connectivity index (χ0n) is 14.8. The molecule has 0 amide bonds. The Kier molecular flexibility index (Phi) is 6.58. The van der Waals surface area contributed by atoms with Gasteiger partial charge in [0.1, 0.15) is 5.82 Å². The number of nitrogens with zero attached hydrogens (tertiary/aromatic N) is 5. The topological polar surface area (TPSA) is 79.1 Å². The van der Waals surface area contributed by atoms with Crippen molar-refractivity contribution in [3.05, 3.63) is 30.2 Å². The monoisotopic (exact) mass is 345 g/mol. The number of aliphatic imine (C=N–C) groups is 1. The van der Waals surface area contributed by atoms with E-state index in [1.54, 1.807) is 0 Å². The predicted molar refractivity (Wildman–Crippen MR) is 97.9 cm³/mol. The van der Waals surface area contributed by atoms with Crippen molar-refractivity contribution in [3.8, 4) is 0 Å². The summed E-state index contributed by atoms with van der Waals surface area (Å²) in [6.07, 6.45) is 2.78. The number of hydrogen-bond donors (Lipinski definition) is 2. The minimum absolute atomic E-state index is 0.763. The van der Waals surface area contributed by atoms with E-state index in [1.165, 1.54) is 0 Å². The summed E-state index contributed by atoms with van der Waals surface area (Å²) in [6, 6.07) is 5.92. The average Bonchev–Trinajstić information content (AvgIpc) is 3.06. The highest BCUT2D eigenvalue weighted by Gasteiger charge is 2.09.